The van der Waals surface area contributed by atoms with E-state index in [1.807, 2.05) is 58.0 Å². The van der Waals surface area contributed by atoms with Crippen LogP contribution in [-0.2, 0) is 9.31 Å². The van der Waals surface area contributed by atoms with Crippen LogP contribution in [0.1, 0.15) is 33.3 Å². The van der Waals surface area contributed by atoms with Crippen molar-refractivity contribution in [2.75, 3.05) is 6.54 Å². The van der Waals surface area contributed by atoms with Crippen LogP contribution >= 0.6 is 15.9 Å². The molecule has 1 aromatic rings. The fourth-order valence-corrected chi connectivity index (χ4v) is 2.26. The molecule has 0 radical (unpaired) electrons. The van der Waals surface area contributed by atoms with Gasteiger partial charge in [0.1, 0.15) is 0 Å². The molecular formula is C15H21BBrNO2. The lowest BCUT2D eigenvalue weighted by molar-refractivity contribution is 0.00578. The lowest BCUT2D eigenvalue weighted by atomic mass is 9.77. The van der Waals surface area contributed by atoms with Crippen molar-refractivity contribution in [2.24, 2.45) is 5.73 Å². The zero-order chi connectivity index (χ0) is 15.0. The van der Waals surface area contributed by atoms with Gasteiger partial charge in [0, 0.05) is 11.0 Å². The molecule has 2 N–H and O–H groups in total. The summed E-state index contributed by atoms with van der Waals surface area (Å²) in [7, 11) is -0.381. The van der Waals surface area contributed by atoms with E-state index in [2.05, 4.69) is 15.9 Å². The lowest BCUT2D eigenvalue weighted by Crippen LogP contribution is -2.41. The van der Waals surface area contributed by atoms with Crippen LogP contribution in [-0.4, -0.2) is 24.9 Å². The third-order valence-corrected chi connectivity index (χ3v) is 4.54. The first-order valence-corrected chi connectivity index (χ1v) is 7.56. The minimum atomic E-state index is -0.381. The zero-order valence-corrected chi connectivity index (χ0v) is 14.0. The van der Waals surface area contributed by atoms with Crippen molar-refractivity contribution in [1.82, 2.24) is 0 Å². The topological polar surface area (TPSA) is 44.5 Å². The first-order valence-electron chi connectivity index (χ1n) is 6.77. The van der Waals surface area contributed by atoms with E-state index in [1.165, 1.54) is 0 Å². The standard InChI is InChI=1S/C15H21BBrNO2/c1-14(2)15(3,4)20-16(19-14)12(10-18)9-11-5-7-13(17)8-6-11/h5-9H,10,18H2,1-4H3. The maximum absolute atomic E-state index is 6.03. The lowest BCUT2D eigenvalue weighted by Gasteiger charge is -2.32. The van der Waals surface area contributed by atoms with E-state index < -0.39 is 0 Å². The molecule has 0 aromatic heterocycles. The Hall–Kier alpha value is -0.615. The monoisotopic (exact) mass is 337 g/mol. The Labute approximate surface area is 129 Å². The smallest absolute Gasteiger partial charge is 0.400 e. The van der Waals surface area contributed by atoms with Gasteiger partial charge in [0.25, 0.3) is 0 Å². The second-order valence-corrected chi connectivity index (χ2v) is 6.98. The highest BCUT2D eigenvalue weighted by Crippen LogP contribution is 2.38. The molecule has 1 aromatic carbocycles. The van der Waals surface area contributed by atoms with Crippen LogP contribution < -0.4 is 5.73 Å². The molecule has 0 spiro atoms. The van der Waals surface area contributed by atoms with E-state index in [0.717, 1.165) is 15.5 Å². The van der Waals surface area contributed by atoms with Gasteiger partial charge in [-0.3, -0.25) is 0 Å². The third-order valence-electron chi connectivity index (χ3n) is 4.01. The largest absolute Gasteiger partial charge is 0.491 e. The number of benzene rings is 1. The zero-order valence-electron chi connectivity index (χ0n) is 12.4. The summed E-state index contributed by atoms with van der Waals surface area (Å²) >= 11 is 3.43. The summed E-state index contributed by atoms with van der Waals surface area (Å²) in [4.78, 5) is 0. The van der Waals surface area contributed by atoms with Crippen molar-refractivity contribution in [1.29, 1.82) is 0 Å². The minimum absolute atomic E-state index is 0.342. The van der Waals surface area contributed by atoms with E-state index >= 15 is 0 Å². The van der Waals surface area contributed by atoms with Crippen LogP contribution in [0.15, 0.2) is 34.2 Å². The number of hydrogen-bond donors (Lipinski definition) is 1. The van der Waals surface area contributed by atoms with Crippen LogP contribution in [0.2, 0.25) is 0 Å². The molecule has 1 heterocycles. The van der Waals surface area contributed by atoms with Gasteiger partial charge in [-0.1, -0.05) is 34.1 Å². The SMILES string of the molecule is CC1(C)OB(C(=Cc2ccc(Br)cc2)CN)OC1(C)C. The fourth-order valence-electron chi connectivity index (χ4n) is 1.99. The summed E-state index contributed by atoms with van der Waals surface area (Å²) in [6, 6.07) is 8.07. The third kappa shape index (κ3) is 3.17. The Morgan fingerprint density at radius 2 is 1.65 bits per heavy atom. The molecule has 1 fully saturated rings. The van der Waals surface area contributed by atoms with Gasteiger partial charge in [-0.25, -0.2) is 0 Å². The molecule has 0 amide bonds. The van der Waals surface area contributed by atoms with Crippen LogP contribution in [0.4, 0.5) is 0 Å². The molecule has 5 heteroatoms. The van der Waals surface area contributed by atoms with Crippen molar-refractivity contribution in [3.8, 4) is 0 Å². The van der Waals surface area contributed by atoms with E-state index in [0.29, 0.717) is 6.54 Å². The van der Waals surface area contributed by atoms with Crippen molar-refractivity contribution < 1.29 is 9.31 Å². The van der Waals surface area contributed by atoms with Crippen LogP contribution in [0.25, 0.3) is 6.08 Å². The summed E-state index contributed by atoms with van der Waals surface area (Å²) in [6.45, 7) is 8.58. The Bertz CT molecular complexity index is 495. The molecule has 1 aliphatic rings. The summed E-state index contributed by atoms with van der Waals surface area (Å²) < 4.78 is 13.1. The molecule has 0 bridgehead atoms. The number of hydrogen-bond acceptors (Lipinski definition) is 3. The molecule has 2 rings (SSSR count). The molecular weight excluding hydrogens is 317 g/mol. The van der Waals surface area contributed by atoms with Gasteiger partial charge in [0.2, 0.25) is 0 Å². The van der Waals surface area contributed by atoms with Crippen LogP contribution in [0.5, 0.6) is 0 Å². The molecule has 0 saturated carbocycles. The minimum Gasteiger partial charge on any atom is -0.400 e. The van der Waals surface area contributed by atoms with Gasteiger partial charge in [-0.15, -0.1) is 0 Å². The normalized spacial score (nSPS) is 21.3. The molecule has 108 valence electrons. The summed E-state index contributed by atoms with van der Waals surface area (Å²) in [5.41, 5.74) is 7.22. The predicted octanol–water partition coefficient (Wildman–Crippen LogP) is 3.42. The quantitative estimate of drug-likeness (QED) is 0.859. The van der Waals surface area contributed by atoms with Gasteiger partial charge in [-0.2, -0.15) is 0 Å². The summed E-state index contributed by atoms with van der Waals surface area (Å²) in [5.74, 6) is 0. The molecule has 0 unspecified atom stereocenters. The number of rotatable bonds is 3. The maximum Gasteiger partial charge on any atom is 0.491 e. The Morgan fingerprint density at radius 1 is 1.15 bits per heavy atom. The number of nitrogens with two attached hydrogens (primary N) is 1. The van der Waals surface area contributed by atoms with E-state index in [4.69, 9.17) is 15.0 Å². The van der Waals surface area contributed by atoms with Gasteiger partial charge in [0.05, 0.1) is 11.2 Å². The van der Waals surface area contributed by atoms with Crippen molar-refractivity contribution in [3.63, 3.8) is 0 Å². The average molecular weight is 338 g/mol. The second kappa shape index (κ2) is 5.64. The van der Waals surface area contributed by atoms with Gasteiger partial charge in [0.15, 0.2) is 0 Å². The molecule has 0 aliphatic carbocycles. The molecule has 20 heavy (non-hydrogen) atoms. The summed E-state index contributed by atoms with van der Waals surface area (Å²) in [6.07, 6.45) is 2.04. The summed E-state index contributed by atoms with van der Waals surface area (Å²) in [5, 5.41) is 0. The highest BCUT2D eigenvalue weighted by molar-refractivity contribution is 9.10. The average Bonchev–Trinajstić information content (AvgIpc) is 2.57. The fraction of sp³-hybridized carbons (Fsp3) is 0.467. The van der Waals surface area contributed by atoms with Gasteiger partial charge in [-0.05, 0) is 50.9 Å². The molecule has 3 nitrogen and oxygen atoms in total. The molecule has 0 atom stereocenters. The first-order chi connectivity index (χ1) is 9.25. The number of halogens is 1. The second-order valence-electron chi connectivity index (χ2n) is 6.06. The Kier molecular flexibility index (Phi) is 4.45. The van der Waals surface area contributed by atoms with E-state index in [1.54, 1.807) is 0 Å². The van der Waals surface area contributed by atoms with Crippen molar-refractivity contribution in [2.45, 2.75) is 38.9 Å². The Balaban J connectivity index is 2.24. The van der Waals surface area contributed by atoms with Gasteiger partial charge >= 0.3 is 7.12 Å². The molecule has 1 aliphatic heterocycles. The Morgan fingerprint density at radius 3 is 2.10 bits per heavy atom. The first kappa shape index (κ1) is 15.8. The van der Waals surface area contributed by atoms with Crippen LogP contribution in [0.3, 0.4) is 0 Å². The van der Waals surface area contributed by atoms with E-state index in [9.17, 15) is 0 Å². The maximum atomic E-state index is 6.03. The molecule has 1 saturated heterocycles. The van der Waals surface area contributed by atoms with Crippen LogP contribution in [0, 0.1) is 0 Å². The van der Waals surface area contributed by atoms with Gasteiger partial charge < -0.3 is 15.0 Å². The van der Waals surface area contributed by atoms with Crippen molar-refractivity contribution >= 4 is 29.1 Å². The van der Waals surface area contributed by atoms with E-state index in [-0.39, 0.29) is 18.3 Å². The van der Waals surface area contributed by atoms with Crippen molar-refractivity contribution in [3.05, 3.63) is 39.8 Å². The highest BCUT2D eigenvalue weighted by atomic mass is 79.9. The predicted molar refractivity (Wildman–Crippen MR) is 87.3 cm³/mol. The highest BCUT2D eigenvalue weighted by Gasteiger charge is 2.52.